The Morgan fingerprint density at radius 2 is 2.16 bits per heavy atom. The highest BCUT2D eigenvalue weighted by Crippen LogP contribution is 2.45. The molecule has 6 heteroatoms. The van der Waals surface area contributed by atoms with Crippen LogP contribution >= 0.6 is 0 Å². The maximum atomic E-state index is 11.4. The average molecular weight is 264 g/mol. The number of anilines is 1. The van der Waals surface area contributed by atoms with Gasteiger partial charge in [-0.25, -0.2) is 9.78 Å². The van der Waals surface area contributed by atoms with E-state index in [0.717, 1.165) is 0 Å². The zero-order chi connectivity index (χ0) is 14.0. The first-order valence-electron chi connectivity index (χ1n) is 6.02. The summed E-state index contributed by atoms with van der Waals surface area (Å²) in [5.74, 6) is -0.638. The Kier molecular flexibility index (Phi) is 3.42. The smallest absolute Gasteiger partial charge is 0.339 e. The number of ether oxygens (including phenoxy) is 1. The Bertz CT molecular complexity index is 523. The number of pyridine rings is 1. The van der Waals surface area contributed by atoms with E-state index in [4.69, 9.17) is 5.11 Å². The zero-order valence-electron chi connectivity index (χ0n) is 10.9. The van der Waals surface area contributed by atoms with Gasteiger partial charge >= 0.3 is 11.9 Å². The number of methoxy groups -OCH3 is 1. The SMILES string of the molecule is COC(=O)c1ccc(NCC2(C(=O)O)CC2)nc1C. The Labute approximate surface area is 110 Å². The molecule has 1 heterocycles. The van der Waals surface area contributed by atoms with Crippen molar-refractivity contribution in [3.8, 4) is 0 Å². The largest absolute Gasteiger partial charge is 0.481 e. The number of nitrogens with zero attached hydrogens (tertiary/aromatic N) is 1. The van der Waals surface area contributed by atoms with Gasteiger partial charge in [0.2, 0.25) is 0 Å². The number of aromatic nitrogens is 1. The second kappa shape index (κ2) is 4.87. The highest BCUT2D eigenvalue weighted by atomic mass is 16.5. The number of carbonyl (C=O) groups excluding carboxylic acids is 1. The Balaban J connectivity index is 2.05. The number of hydrogen-bond donors (Lipinski definition) is 2. The number of carboxylic acids is 1. The monoisotopic (exact) mass is 264 g/mol. The molecular formula is C13H16N2O4. The number of hydrogen-bond acceptors (Lipinski definition) is 5. The van der Waals surface area contributed by atoms with Gasteiger partial charge in [0.1, 0.15) is 5.82 Å². The molecule has 0 saturated heterocycles. The van der Waals surface area contributed by atoms with Crippen molar-refractivity contribution < 1.29 is 19.4 Å². The van der Waals surface area contributed by atoms with Crippen LogP contribution < -0.4 is 5.32 Å². The van der Waals surface area contributed by atoms with Crippen molar-refractivity contribution in [2.45, 2.75) is 19.8 Å². The van der Waals surface area contributed by atoms with E-state index in [1.54, 1.807) is 19.1 Å². The molecule has 1 fully saturated rings. The second-order valence-corrected chi connectivity index (χ2v) is 4.76. The molecule has 1 aliphatic carbocycles. The number of carbonyl (C=O) groups is 2. The number of rotatable bonds is 5. The van der Waals surface area contributed by atoms with Crippen LogP contribution in [0.2, 0.25) is 0 Å². The van der Waals surface area contributed by atoms with E-state index in [1.165, 1.54) is 7.11 Å². The van der Waals surface area contributed by atoms with E-state index < -0.39 is 17.4 Å². The molecule has 0 bridgehead atoms. The summed E-state index contributed by atoms with van der Waals surface area (Å²) in [4.78, 5) is 26.7. The maximum absolute atomic E-state index is 11.4. The van der Waals surface area contributed by atoms with Crippen molar-refractivity contribution in [2.24, 2.45) is 5.41 Å². The fourth-order valence-electron chi connectivity index (χ4n) is 1.86. The lowest BCUT2D eigenvalue weighted by molar-refractivity contribution is -0.142. The average Bonchev–Trinajstić information content (AvgIpc) is 3.17. The lowest BCUT2D eigenvalue weighted by Crippen LogP contribution is -2.24. The Morgan fingerprint density at radius 3 is 2.63 bits per heavy atom. The fraction of sp³-hybridized carbons (Fsp3) is 0.462. The summed E-state index contributed by atoms with van der Waals surface area (Å²) in [6, 6.07) is 3.27. The van der Waals surface area contributed by atoms with Gasteiger partial charge in [0, 0.05) is 6.54 Å². The van der Waals surface area contributed by atoms with Crippen LogP contribution in [0.25, 0.3) is 0 Å². The summed E-state index contributed by atoms with van der Waals surface area (Å²) in [6.07, 6.45) is 1.38. The minimum Gasteiger partial charge on any atom is -0.481 e. The van der Waals surface area contributed by atoms with Gasteiger partial charge in [-0.1, -0.05) is 0 Å². The summed E-state index contributed by atoms with van der Waals surface area (Å²) >= 11 is 0. The third-order valence-electron chi connectivity index (χ3n) is 3.41. The van der Waals surface area contributed by atoms with Crippen LogP contribution in [0, 0.1) is 12.3 Å². The summed E-state index contributed by atoms with van der Waals surface area (Å²) in [5.41, 5.74) is 0.320. The summed E-state index contributed by atoms with van der Waals surface area (Å²) < 4.78 is 4.64. The molecule has 0 amide bonds. The predicted octanol–water partition coefficient (Wildman–Crippen LogP) is 1.45. The number of nitrogens with one attached hydrogen (secondary N) is 1. The lowest BCUT2D eigenvalue weighted by Gasteiger charge is -2.12. The second-order valence-electron chi connectivity index (χ2n) is 4.76. The van der Waals surface area contributed by atoms with E-state index in [0.29, 0.717) is 36.5 Å². The van der Waals surface area contributed by atoms with Crippen LogP contribution in [0.4, 0.5) is 5.82 Å². The number of aryl methyl sites for hydroxylation is 1. The van der Waals surface area contributed by atoms with Crippen LogP contribution in [0.15, 0.2) is 12.1 Å². The van der Waals surface area contributed by atoms with E-state index in [1.807, 2.05) is 0 Å². The quantitative estimate of drug-likeness (QED) is 0.782. The number of esters is 1. The van der Waals surface area contributed by atoms with Gasteiger partial charge in [-0.3, -0.25) is 4.79 Å². The van der Waals surface area contributed by atoms with Crippen LogP contribution in [0.5, 0.6) is 0 Å². The van der Waals surface area contributed by atoms with Gasteiger partial charge in [0.25, 0.3) is 0 Å². The van der Waals surface area contributed by atoms with Gasteiger partial charge < -0.3 is 15.2 Å². The third kappa shape index (κ3) is 2.67. The predicted molar refractivity (Wildman–Crippen MR) is 68.1 cm³/mol. The zero-order valence-corrected chi connectivity index (χ0v) is 10.9. The summed E-state index contributed by atoms with van der Waals surface area (Å²) in [7, 11) is 1.32. The molecule has 0 aromatic carbocycles. The van der Waals surface area contributed by atoms with Gasteiger partial charge in [-0.05, 0) is 31.9 Å². The molecule has 2 rings (SSSR count). The van der Waals surface area contributed by atoms with Crippen LogP contribution in [-0.2, 0) is 9.53 Å². The van der Waals surface area contributed by atoms with E-state index in [9.17, 15) is 9.59 Å². The Morgan fingerprint density at radius 1 is 1.47 bits per heavy atom. The highest BCUT2D eigenvalue weighted by Gasteiger charge is 2.50. The standard InChI is InChI=1S/C13H16N2O4/c1-8-9(11(16)19-2)3-4-10(15-8)14-7-13(5-6-13)12(17)18/h3-4H,5-7H2,1-2H3,(H,14,15)(H,17,18). The first-order valence-corrected chi connectivity index (χ1v) is 6.02. The van der Waals surface area contributed by atoms with Crippen LogP contribution in [0.3, 0.4) is 0 Å². The first-order chi connectivity index (χ1) is 8.98. The first kappa shape index (κ1) is 13.3. The minimum absolute atomic E-state index is 0.354. The summed E-state index contributed by atoms with van der Waals surface area (Å²) in [5, 5.41) is 12.1. The van der Waals surface area contributed by atoms with E-state index in [2.05, 4.69) is 15.0 Å². The van der Waals surface area contributed by atoms with Crippen molar-refractivity contribution in [3.05, 3.63) is 23.4 Å². The van der Waals surface area contributed by atoms with Crippen molar-refractivity contribution in [3.63, 3.8) is 0 Å². The molecule has 1 aromatic rings. The van der Waals surface area contributed by atoms with Gasteiger partial charge in [-0.15, -0.1) is 0 Å². The van der Waals surface area contributed by atoms with Crippen molar-refractivity contribution in [1.29, 1.82) is 0 Å². The third-order valence-corrected chi connectivity index (χ3v) is 3.41. The van der Waals surface area contributed by atoms with Crippen LogP contribution in [0.1, 0.15) is 28.9 Å². The van der Waals surface area contributed by atoms with Crippen molar-refractivity contribution in [2.75, 3.05) is 19.0 Å². The highest BCUT2D eigenvalue weighted by molar-refractivity contribution is 5.90. The number of aliphatic carboxylic acids is 1. The normalized spacial score (nSPS) is 15.7. The Hall–Kier alpha value is -2.11. The molecule has 0 radical (unpaired) electrons. The molecule has 0 atom stereocenters. The molecule has 1 aromatic heterocycles. The molecule has 1 aliphatic rings. The summed E-state index contributed by atoms with van der Waals surface area (Å²) in [6.45, 7) is 2.06. The molecule has 2 N–H and O–H groups in total. The van der Waals surface area contributed by atoms with Gasteiger partial charge in [0.05, 0.1) is 23.8 Å². The molecule has 6 nitrogen and oxygen atoms in total. The minimum atomic E-state index is -0.775. The molecule has 0 spiro atoms. The van der Waals surface area contributed by atoms with Crippen molar-refractivity contribution >= 4 is 17.8 Å². The molecule has 0 aliphatic heterocycles. The lowest BCUT2D eigenvalue weighted by atomic mass is 10.1. The van der Waals surface area contributed by atoms with E-state index in [-0.39, 0.29) is 0 Å². The molecular weight excluding hydrogens is 248 g/mol. The fourth-order valence-corrected chi connectivity index (χ4v) is 1.86. The van der Waals surface area contributed by atoms with Gasteiger partial charge in [-0.2, -0.15) is 0 Å². The van der Waals surface area contributed by atoms with Gasteiger partial charge in [0.15, 0.2) is 0 Å². The number of carboxylic acid groups (broad SMARTS) is 1. The van der Waals surface area contributed by atoms with E-state index >= 15 is 0 Å². The van der Waals surface area contributed by atoms with Crippen LogP contribution in [-0.4, -0.2) is 35.7 Å². The van der Waals surface area contributed by atoms with Crippen molar-refractivity contribution in [1.82, 2.24) is 4.98 Å². The topological polar surface area (TPSA) is 88.5 Å². The molecule has 19 heavy (non-hydrogen) atoms. The molecule has 102 valence electrons. The molecule has 1 saturated carbocycles. The molecule has 0 unspecified atom stereocenters. The maximum Gasteiger partial charge on any atom is 0.339 e.